The molecule has 1 fully saturated rings. The number of benzene rings is 2. The number of hydrogen-bond donors (Lipinski definition) is 1. The Morgan fingerprint density at radius 3 is 2.75 bits per heavy atom. The molecule has 1 saturated heterocycles. The zero-order valence-electron chi connectivity index (χ0n) is 17.4. The Labute approximate surface area is 188 Å². The number of fused-ring (bicyclic) bond motifs is 1. The SMILES string of the molecule is COC(=O)[C@H]1CCN(c2nccnc2Oc2ccc(Nc3nc4ccccc4s3)cc2)C1. The number of rotatable bonds is 6. The van der Waals surface area contributed by atoms with E-state index in [2.05, 4.69) is 26.3 Å². The molecule has 0 unspecified atom stereocenters. The quantitative estimate of drug-likeness (QED) is 0.428. The van der Waals surface area contributed by atoms with Crippen LogP contribution in [0.3, 0.4) is 0 Å². The first-order valence-corrected chi connectivity index (χ1v) is 11.1. The second-order valence-electron chi connectivity index (χ2n) is 7.38. The van der Waals surface area contributed by atoms with Crippen molar-refractivity contribution in [3.05, 3.63) is 60.9 Å². The van der Waals surface area contributed by atoms with Crippen molar-refractivity contribution >= 4 is 44.2 Å². The van der Waals surface area contributed by atoms with Gasteiger partial charge in [0, 0.05) is 31.2 Å². The van der Waals surface area contributed by atoms with Crippen LogP contribution in [-0.4, -0.2) is 41.1 Å². The Morgan fingerprint density at radius 2 is 1.94 bits per heavy atom. The van der Waals surface area contributed by atoms with Gasteiger partial charge in [-0.15, -0.1) is 0 Å². The predicted molar refractivity (Wildman–Crippen MR) is 124 cm³/mol. The molecule has 0 bridgehead atoms. The van der Waals surface area contributed by atoms with Crippen LogP contribution >= 0.6 is 11.3 Å². The predicted octanol–water partition coefficient (Wildman–Crippen LogP) is 4.62. The standard InChI is InChI=1S/C23H21N5O3S/c1-30-22(29)15-10-13-28(14-15)20-21(25-12-11-24-20)31-17-8-6-16(7-9-17)26-23-27-18-4-2-3-5-19(18)32-23/h2-9,11-12,15H,10,13-14H2,1H3,(H,26,27)/t15-/m0/s1. The maximum atomic E-state index is 11.9. The molecule has 0 radical (unpaired) electrons. The average Bonchev–Trinajstić information content (AvgIpc) is 3.47. The summed E-state index contributed by atoms with van der Waals surface area (Å²) in [6, 6.07) is 15.7. The summed E-state index contributed by atoms with van der Waals surface area (Å²) < 4.78 is 12.0. The van der Waals surface area contributed by atoms with Crippen LogP contribution in [-0.2, 0) is 9.53 Å². The van der Waals surface area contributed by atoms with Crippen molar-refractivity contribution in [3.8, 4) is 11.6 Å². The molecule has 1 aliphatic rings. The minimum Gasteiger partial charge on any atom is -0.469 e. The monoisotopic (exact) mass is 447 g/mol. The van der Waals surface area contributed by atoms with Crippen LogP contribution in [0.25, 0.3) is 10.2 Å². The van der Waals surface area contributed by atoms with E-state index in [4.69, 9.17) is 9.47 Å². The number of anilines is 3. The minimum absolute atomic E-state index is 0.164. The summed E-state index contributed by atoms with van der Waals surface area (Å²) in [7, 11) is 1.41. The van der Waals surface area contributed by atoms with Crippen molar-refractivity contribution in [1.82, 2.24) is 15.0 Å². The van der Waals surface area contributed by atoms with E-state index in [0.717, 1.165) is 27.5 Å². The number of nitrogens with one attached hydrogen (secondary N) is 1. The molecule has 0 amide bonds. The third-order valence-electron chi connectivity index (χ3n) is 5.28. The number of carbonyl (C=O) groups is 1. The molecule has 1 N–H and O–H groups in total. The number of thiazole rings is 1. The van der Waals surface area contributed by atoms with E-state index >= 15 is 0 Å². The molecule has 0 spiro atoms. The summed E-state index contributed by atoms with van der Waals surface area (Å²) in [5, 5.41) is 4.17. The first kappa shape index (κ1) is 20.2. The first-order chi connectivity index (χ1) is 15.7. The Morgan fingerprint density at radius 1 is 1.12 bits per heavy atom. The van der Waals surface area contributed by atoms with Crippen molar-refractivity contribution in [2.45, 2.75) is 6.42 Å². The third-order valence-corrected chi connectivity index (χ3v) is 6.23. The van der Waals surface area contributed by atoms with Gasteiger partial charge < -0.3 is 19.7 Å². The molecule has 9 heteroatoms. The molecule has 0 saturated carbocycles. The van der Waals surface area contributed by atoms with Crippen molar-refractivity contribution in [3.63, 3.8) is 0 Å². The summed E-state index contributed by atoms with van der Waals surface area (Å²) in [4.78, 5) is 27.3. The van der Waals surface area contributed by atoms with Crippen LogP contribution in [0.1, 0.15) is 6.42 Å². The van der Waals surface area contributed by atoms with E-state index in [9.17, 15) is 4.79 Å². The Balaban J connectivity index is 1.28. The van der Waals surface area contributed by atoms with Crippen LogP contribution < -0.4 is 15.0 Å². The number of methoxy groups -OCH3 is 1. The van der Waals surface area contributed by atoms with Gasteiger partial charge in [-0.25, -0.2) is 15.0 Å². The van der Waals surface area contributed by atoms with Crippen LogP contribution in [0.4, 0.5) is 16.6 Å². The summed E-state index contributed by atoms with van der Waals surface area (Å²) in [6.45, 7) is 1.23. The van der Waals surface area contributed by atoms with E-state index in [1.165, 1.54) is 7.11 Å². The molecule has 32 heavy (non-hydrogen) atoms. The van der Waals surface area contributed by atoms with E-state index in [0.29, 0.717) is 30.5 Å². The van der Waals surface area contributed by atoms with E-state index in [1.807, 2.05) is 47.4 Å². The molecule has 162 valence electrons. The Hall–Kier alpha value is -3.72. The smallest absolute Gasteiger partial charge is 0.310 e. The number of hydrogen-bond acceptors (Lipinski definition) is 9. The Kier molecular flexibility index (Phi) is 5.55. The molecule has 4 aromatic rings. The summed E-state index contributed by atoms with van der Waals surface area (Å²) in [5.74, 6) is 1.31. The van der Waals surface area contributed by atoms with Crippen LogP contribution in [0, 0.1) is 5.92 Å². The van der Waals surface area contributed by atoms with Gasteiger partial charge >= 0.3 is 5.97 Å². The molecule has 1 atom stereocenters. The highest BCUT2D eigenvalue weighted by Crippen LogP contribution is 2.33. The van der Waals surface area contributed by atoms with Crippen molar-refractivity contribution in [2.24, 2.45) is 5.92 Å². The van der Waals surface area contributed by atoms with E-state index < -0.39 is 0 Å². The average molecular weight is 448 g/mol. The van der Waals surface area contributed by atoms with Gasteiger partial charge in [0.05, 0.1) is 23.2 Å². The number of ether oxygens (including phenoxy) is 2. The molecule has 3 heterocycles. The molecule has 0 aliphatic carbocycles. The number of nitrogens with zero attached hydrogens (tertiary/aromatic N) is 4. The second-order valence-corrected chi connectivity index (χ2v) is 8.41. The van der Waals surface area contributed by atoms with Crippen molar-refractivity contribution < 1.29 is 14.3 Å². The van der Waals surface area contributed by atoms with Gasteiger partial charge in [0.25, 0.3) is 5.88 Å². The third kappa shape index (κ3) is 4.19. The number of aromatic nitrogens is 3. The summed E-state index contributed by atoms with van der Waals surface area (Å²) in [5.41, 5.74) is 1.89. The summed E-state index contributed by atoms with van der Waals surface area (Å²) in [6.07, 6.45) is 3.93. The fraction of sp³-hybridized carbons (Fsp3) is 0.217. The van der Waals surface area contributed by atoms with Gasteiger partial charge in [-0.1, -0.05) is 23.5 Å². The highest BCUT2D eigenvalue weighted by Gasteiger charge is 2.31. The zero-order chi connectivity index (χ0) is 21.9. The molecular formula is C23H21N5O3S. The zero-order valence-corrected chi connectivity index (χ0v) is 18.2. The van der Waals surface area contributed by atoms with Crippen LogP contribution in [0.2, 0.25) is 0 Å². The maximum absolute atomic E-state index is 11.9. The lowest BCUT2D eigenvalue weighted by Crippen LogP contribution is -2.24. The van der Waals surface area contributed by atoms with Gasteiger partial charge in [-0.05, 0) is 42.8 Å². The lowest BCUT2D eigenvalue weighted by Gasteiger charge is -2.19. The topological polar surface area (TPSA) is 89.5 Å². The fourth-order valence-corrected chi connectivity index (χ4v) is 4.57. The Bertz CT molecular complexity index is 1210. The van der Waals surface area contributed by atoms with Gasteiger partial charge in [0.2, 0.25) is 0 Å². The maximum Gasteiger partial charge on any atom is 0.310 e. The normalized spacial score (nSPS) is 15.7. The van der Waals surface area contributed by atoms with Gasteiger partial charge in [-0.2, -0.15) is 0 Å². The lowest BCUT2D eigenvalue weighted by atomic mass is 10.1. The number of esters is 1. The van der Waals surface area contributed by atoms with E-state index in [1.54, 1.807) is 23.7 Å². The molecule has 2 aromatic carbocycles. The highest BCUT2D eigenvalue weighted by atomic mass is 32.1. The first-order valence-electron chi connectivity index (χ1n) is 10.2. The molecular weight excluding hydrogens is 426 g/mol. The molecule has 5 rings (SSSR count). The second kappa shape index (κ2) is 8.80. The van der Waals surface area contributed by atoms with Gasteiger partial charge in [0.1, 0.15) is 5.75 Å². The van der Waals surface area contributed by atoms with Crippen LogP contribution in [0.15, 0.2) is 60.9 Å². The molecule has 1 aliphatic heterocycles. The van der Waals surface area contributed by atoms with E-state index in [-0.39, 0.29) is 11.9 Å². The largest absolute Gasteiger partial charge is 0.469 e. The number of para-hydroxylation sites is 1. The van der Waals surface area contributed by atoms with Gasteiger partial charge in [0.15, 0.2) is 10.9 Å². The highest BCUT2D eigenvalue weighted by molar-refractivity contribution is 7.22. The number of carbonyl (C=O) groups excluding carboxylic acids is 1. The minimum atomic E-state index is -0.199. The lowest BCUT2D eigenvalue weighted by molar-refractivity contribution is -0.144. The van der Waals surface area contributed by atoms with Gasteiger partial charge in [-0.3, -0.25) is 4.79 Å². The van der Waals surface area contributed by atoms with Crippen LogP contribution in [0.5, 0.6) is 11.6 Å². The summed E-state index contributed by atoms with van der Waals surface area (Å²) >= 11 is 1.61. The molecule has 8 nitrogen and oxygen atoms in total. The van der Waals surface area contributed by atoms with Crippen molar-refractivity contribution in [2.75, 3.05) is 30.4 Å². The molecule has 2 aromatic heterocycles. The fourth-order valence-electron chi connectivity index (χ4n) is 3.69. The van der Waals surface area contributed by atoms with Crippen molar-refractivity contribution in [1.29, 1.82) is 0 Å².